The highest BCUT2D eigenvalue weighted by Gasteiger charge is 2.20. The van der Waals surface area contributed by atoms with Crippen LogP contribution in [0.5, 0.6) is 23.0 Å². The number of methoxy groups -OCH3 is 5. The highest BCUT2D eigenvalue weighted by Crippen LogP contribution is 2.43. The number of esters is 1. The number of hydrogen-bond donors (Lipinski definition) is 0. The number of hydrogen-bond acceptors (Lipinski definition) is 8. The van der Waals surface area contributed by atoms with Crippen molar-refractivity contribution in [2.24, 2.45) is 0 Å². The average molecular weight is 415 g/mol. The van der Waals surface area contributed by atoms with Crippen LogP contribution in [0.2, 0.25) is 0 Å². The van der Waals surface area contributed by atoms with E-state index in [0.29, 0.717) is 28.6 Å². The molecule has 0 unspecified atom stereocenters. The van der Waals surface area contributed by atoms with E-state index in [4.69, 9.17) is 23.7 Å². The molecule has 0 aliphatic carbocycles. The summed E-state index contributed by atoms with van der Waals surface area (Å²) in [6, 6.07) is 9.01. The number of nitrogens with zero attached hydrogens (tertiary/aromatic N) is 1. The van der Waals surface area contributed by atoms with Crippen LogP contribution in [0.3, 0.4) is 0 Å². The standard InChI is InChI=1S/C21H21NO6S/c1-24-16-7-6-12(8-14(16)21(23)28-5)15-11-29-22-19(15)13-9-17(25-2)20(27-4)18(10-13)26-3/h6-11H,1-5H3. The van der Waals surface area contributed by atoms with Crippen LogP contribution in [-0.4, -0.2) is 45.9 Å². The van der Waals surface area contributed by atoms with Gasteiger partial charge in [-0.3, -0.25) is 0 Å². The van der Waals surface area contributed by atoms with E-state index in [1.807, 2.05) is 23.6 Å². The van der Waals surface area contributed by atoms with Gasteiger partial charge in [0.25, 0.3) is 0 Å². The lowest BCUT2D eigenvalue weighted by molar-refractivity contribution is 0.0597. The fraction of sp³-hybridized carbons (Fsp3) is 0.238. The summed E-state index contributed by atoms with van der Waals surface area (Å²) in [5, 5.41) is 1.92. The van der Waals surface area contributed by atoms with Gasteiger partial charge in [-0.25, -0.2) is 4.79 Å². The molecule has 8 heteroatoms. The third-order valence-corrected chi connectivity index (χ3v) is 5.05. The van der Waals surface area contributed by atoms with E-state index in [1.165, 1.54) is 25.8 Å². The molecular weight excluding hydrogens is 394 g/mol. The van der Waals surface area contributed by atoms with E-state index < -0.39 is 5.97 Å². The Morgan fingerprint density at radius 1 is 0.828 bits per heavy atom. The van der Waals surface area contributed by atoms with Crippen LogP contribution in [0.15, 0.2) is 35.7 Å². The van der Waals surface area contributed by atoms with Gasteiger partial charge in [-0.1, -0.05) is 6.07 Å². The van der Waals surface area contributed by atoms with Crippen LogP contribution >= 0.6 is 11.5 Å². The van der Waals surface area contributed by atoms with Crippen LogP contribution in [0.1, 0.15) is 10.4 Å². The molecule has 0 saturated heterocycles. The fourth-order valence-corrected chi connectivity index (χ4v) is 3.73. The molecule has 0 aliphatic rings. The summed E-state index contributed by atoms with van der Waals surface area (Å²) in [5.74, 6) is 1.55. The van der Waals surface area contributed by atoms with E-state index in [2.05, 4.69) is 4.37 Å². The lowest BCUT2D eigenvalue weighted by Gasteiger charge is -2.14. The number of aromatic nitrogens is 1. The van der Waals surface area contributed by atoms with Crippen molar-refractivity contribution in [2.45, 2.75) is 0 Å². The first-order valence-electron chi connectivity index (χ1n) is 8.59. The molecule has 29 heavy (non-hydrogen) atoms. The topological polar surface area (TPSA) is 76.1 Å². The van der Waals surface area contributed by atoms with Gasteiger partial charge in [0.05, 0.1) is 41.2 Å². The summed E-state index contributed by atoms with van der Waals surface area (Å²) in [4.78, 5) is 12.1. The Bertz CT molecular complexity index is 1000. The summed E-state index contributed by atoms with van der Waals surface area (Å²) in [5.41, 5.74) is 3.54. The number of carbonyl (C=O) groups excluding carboxylic acids is 1. The van der Waals surface area contributed by atoms with Crippen molar-refractivity contribution in [3.8, 4) is 45.4 Å². The Kier molecular flexibility index (Phi) is 6.23. The molecule has 152 valence electrons. The van der Waals surface area contributed by atoms with Gasteiger partial charge in [0, 0.05) is 16.5 Å². The van der Waals surface area contributed by atoms with Gasteiger partial charge in [-0.2, -0.15) is 4.37 Å². The maximum absolute atomic E-state index is 12.1. The molecule has 0 radical (unpaired) electrons. The van der Waals surface area contributed by atoms with Gasteiger partial charge in [0.1, 0.15) is 11.3 Å². The van der Waals surface area contributed by atoms with Crippen LogP contribution in [0.4, 0.5) is 0 Å². The van der Waals surface area contributed by atoms with Gasteiger partial charge in [0.15, 0.2) is 11.5 Å². The number of carbonyl (C=O) groups is 1. The second kappa shape index (κ2) is 8.83. The first kappa shape index (κ1) is 20.5. The van der Waals surface area contributed by atoms with Gasteiger partial charge < -0.3 is 23.7 Å². The van der Waals surface area contributed by atoms with E-state index >= 15 is 0 Å². The van der Waals surface area contributed by atoms with Crippen LogP contribution < -0.4 is 18.9 Å². The highest BCUT2D eigenvalue weighted by atomic mass is 32.1. The number of ether oxygens (including phenoxy) is 5. The summed E-state index contributed by atoms with van der Waals surface area (Å²) in [7, 11) is 7.53. The number of benzene rings is 2. The molecule has 0 fully saturated rings. The Balaban J connectivity index is 2.15. The predicted octanol–water partition coefficient (Wildman–Crippen LogP) is 4.30. The molecule has 0 saturated carbocycles. The maximum atomic E-state index is 12.1. The second-order valence-electron chi connectivity index (χ2n) is 5.90. The first-order valence-corrected chi connectivity index (χ1v) is 9.43. The van der Waals surface area contributed by atoms with Crippen molar-refractivity contribution >= 4 is 17.5 Å². The molecule has 0 aliphatic heterocycles. The van der Waals surface area contributed by atoms with Crippen molar-refractivity contribution in [1.29, 1.82) is 0 Å². The smallest absolute Gasteiger partial charge is 0.341 e. The van der Waals surface area contributed by atoms with Crippen molar-refractivity contribution < 1.29 is 28.5 Å². The Labute approximate surface area is 172 Å². The molecule has 3 rings (SSSR count). The minimum absolute atomic E-state index is 0.342. The lowest BCUT2D eigenvalue weighted by atomic mass is 9.99. The third-order valence-electron chi connectivity index (χ3n) is 4.42. The van der Waals surface area contributed by atoms with Crippen LogP contribution in [0.25, 0.3) is 22.4 Å². The van der Waals surface area contributed by atoms with Gasteiger partial charge in [-0.05, 0) is 41.4 Å². The molecule has 0 atom stereocenters. The Morgan fingerprint density at radius 3 is 2.03 bits per heavy atom. The molecule has 0 spiro atoms. The summed E-state index contributed by atoms with van der Waals surface area (Å²) in [6.45, 7) is 0. The minimum Gasteiger partial charge on any atom is -0.496 e. The van der Waals surface area contributed by atoms with Gasteiger partial charge >= 0.3 is 5.97 Å². The SMILES string of the molecule is COC(=O)c1cc(-c2csnc2-c2cc(OC)c(OC)c(OC)c2)ccc1OC. The normalized spacial score (nSPS) is 10.4. The first-order chi connectivity index (χ1) is 14.1. The molecule has 2 aromatic carbocycles. The Hall–Kier alpha value is -3.26. The van der Waals surface area contributed by atoms with E-state index in [1.54, 1.807) is 33.5 Å². The maximum Gasteiger partial charge on any atom is 0.341 e. The molecule has 3 aromatic rings. The number of rotatable bonds is 7. The summed E-state index contributed by atoms with van der Waals surface area (Å²) in [6.07, 6.45) is 0. The second-order valence-corrected chi connectivity index (χ2v) is 6.53. The van der Waals surface area contributed by atoms with Crippen molar-refractivity contribution in [1.82, 2.24) is 4.37 Å². The molecule has 1 aromatic heterocycles. The average Bonchev–Trinajstić information content (AvgIpc) is 3.26. The lowest BCUT2D eigenvalue weighted by Crippen LogP contribution is -2.04. The molecule has 7 nitrogen and oxygen atoms in total. The monoisotopic (exact) mass is 415 g/mol. The van der Waals surface area contributed by atoms with Crippen molar-refractivity contribution in [3.05, 3.63) is 41.3 Å². The summed E-state index contributed by atoms with van der Waals surface area (Å²) < 4.78 is 31.0. The van der Waals surface area contributed by atoms with E-state index in [0.717, 1.165) is 22.4 Å². The minimum atomic E-state index is -0.471. The molecular formula is C21H21NO6S. The molecule has 0 amide bonds. The Morgan fingerprint density at radius 2 is 1.48 bits per heavy atom. The van der Waals surface area contributed by atoms with E-state index in [-0.39, 0.29) is 0 Å². The van der Waals surface area contributed by atoms with Gasteiger partial charge in [0.2, 0.25) is 5.75 Å². The predicted molar refractivity (Wildman–Crippen MR) is 111 cm³/mol. The van der Waals surface area contributed by atoms with Crippen LogP contribution in [-0.2, 0) is 4.74 Å². The zero-order valence-electron chi connectivity index (χ0n) is 16.8. The molecule has 0 bridgehead atoms. The zero-order chi connectivity index (χ0) is 21.0. The zero-order valence-corrected chi connectivity index (χ0v) is 17.6. The third kappa shape index (κ3) is 3.84. The summed E-state index contributed by atoms with van der Waals surface area (Å²) >= 11 is 1.31. The van der Waals surface area contributed by atoms with Crippen molar-refractivity contribution in [2.75, 3.05) is 35.5 Å². The molecule has 0 N–H and O–H groups in total. The quantitative estimate of drug-likeness (QED) is 0.533. The van der Waals surface area contributed by atoms with E-state index in [9.17, 15) is 4.79 Å². The van der Waals surface area contributed by atoms with Gasteiger partial charge in [-0.15, -0.1) is 0 Å². The largest absolute Gasteiger partial charge is 0.496 e. The molecule has 1 heterocycles. The van der Waals surface area contributed by atoms with Crippen molar-refractivity contribution in [3.63, 3.8) is 0 Å². The fourth-order valence-electron chi connectivity index (χ4n) is 3.01. The highest BCUT2D eigenvalue weighted by molar-refractivity contribution is 7.04. The van der Waals surface area contributed by atoms with Crippen LogP contribution in [0, 0.1) is 0 Å².